The first-order valence-electron chi connectivity index (χ1n) is 14.5. The molecule has 0 saturated carbocycles. The maximum atomic E-state index is 13.8. The van der Waals surface area contributed by atoms with Gasteiger partial charge < -0.3 is 19.0 Å². The zero-order chi connectivity index (χ0) is 30.1. The number of hydrogen-bond acceptors (Lipinski definition) is 6. The molecule has 224 valence electrons. The molecule has 7 nitrogen and oxygen atoms in total. The van der Waals surface area contributed by atoms with Gasteiger partial charge in [-0.25, -0.2) is 9.69 Å². The van der Waals surface area contributed by atoms with Gasteiger partial charge in [0.2, 0.25) is 0 Å². The maximum Gasteiger partial charge on any atom is 0.417 e. The minimum Gasteiger partial charge on any atom is -0.447 e. The van der Waals surface area contributed by atoms with Crippen LogP contribution in [0.25, 0.3) is 0 Å². The van der Waals surface area contributed by atoms with Crippen molar-refractivity contribution in [1.29, 1.82) is 0 Å². The molecule has 0 spiro atoms. The van der Waals surface area contributed by atoms with Crippen LogP contribution < -0.4 is 0 Å². The molecule has 0 bridgehead atoms. The Bertz CT molecular complexity index is 1030. The Morgan fingerprint density at radius 1 is 1.20 bits per heavy atom. The highest BCUT2D eigenvalue weighted by Crippen LogP contribution is 2.38. The predicted octanol–water partition coefficient (Wildman–Crippen LogP) is 6.82. The van der Waals surface area contributed by atoms with Gasteiger partial charge in [0.25, 0.3) is 5.91 Å². The van der Waals surface area contributed by atoms with Gasteiger partial charge in [0, 0.05) is 6.61 Å². The molecule has 0 aromatic heterocycles. The summed E-state index contributed by atoms with van der Waals surface area (Å²) in [5.74, 6) is -0.571. The van der Waals surface area contributed by atoms with E-state index in [1.165, 1.54) is 0 Å². The zero-order valence-electron chi connectivity index (χ0n) is 26.0. The van der Waals surface area contributed by atoms with Crippen molar-refractivity contribution in [3.63, 3.8) is 0 Å². The number of carbonyl (C=O) groups is 2. The smallest absolute Gasteiger partial charge is 0.417 e. The topological polar surface area (TPSA) is 85.3 Å². The number of ether oxygens (including phenoxy) is 2. The minimum absolute atomic E-state index is 0.0583. The van der Waals surface area contributed by atoms with Crippen molar-refractivity contribution in [2.24, 2.45) is 0 Å². The third-order valence-corrected chi connectivity index (χ3v) is 12.7. The first-order valence-corrected chi connectivity index (χ1v) is 17.4. The van der Waals surface area contributed by atoms with Gasteiger partial charge in [-0.1, -0.05) is 76.6 Å². The fourth-order valence-corrected chi connectivity index (χ4v) is 5.60. The summed E-state index contributed by atoms with van der Waals surface area (Å²) < 4.78 is 18.0. The molecule has 8 heteroatoms. The number of hydrogen-bond donors (Lipinski definition) is 1. The van der Waals surface area contributed by atoms with Crippen molar-refractivity contribution >= 4 is 20.3 Å². The van der Waals surface area contributed by atoms with Gasteiger partial charge in [-0.2, -0.15) is 0 Å². The van der Waals surface area contributed by atoms with E-state index in [4.69, 9.17) is 13.9 Å². The summed E-state index contributed by atoms with van der Waals surface area (Å²) >= 11 is 0. The number of cyclic esters (lactones) is 1. The largest absolute Gasteiger partial charge is 0.447 e. The lowest BCUT2D eigenvalue weighted by atomic mass is 9.99. The standard InChI is InChI=1S/C32H51NO6Si/c1-10-12-20-37-29(30(35)33-26(22-38-31(33)36)21-25-16-14-13-15-17-25)28(34)24(4)18-19-27(23(3)11-2)39-40(8,9)32(5,6)7/h11,13-18,26-29,34H,10,12,19-22H2,1-9H3/b23-11-,24-18+/t26-,27+,28+,29-/m0/s1. The highest BCUT2D eigenvalue weighted by atomic mass is 28.4. The molecular formula is C32H51NO6Si. The number of rotatable bonds is 14. The first-order chi connectivity index (χ1) is 18.7. The molecule has 1 aromatic rings. The van der Waals surface area contributed by atoms with Gasteiger partial charge in [0.05, 0.1) is 12.1 Å². The second-order valence-corrected chi connectivity index (χ2v) is 17.1. The van der Waals surface area contributed by atoms with Crippen LogP contribution in [0.4, 0.5) is 4.79 Å². The summed E-state index contributed by atoms with van der Waals surface area (Å²) in [5.41, 5.74) is 2.73. The molecule has 1 heterocycles. The average molecular weight is 574 g/mol. The van der Waals surface area contributed by atoms with E-state index in [9.17, 15) is 14.7 Å². The van der Waals surface area contributed by atoms with Gasteiger partial charge in [-0.15, -0.1) is 0 Å². The molecule has 0 aliphatic carbocycles. The van der Waals surface area contributed by atoms with Crippen molar-refractivity contribution in [3.05, 3.63) is 59.2 Å². The molecule has 1 saturated heterocycles. The van der Waals surface area contributed by atoms with E-state index < -0.39 is 38.6 Å². The van der Waals surface area contributed by atoms with Gasteiger partial charge in [0.1, 0.15) is 12.7 Å². The van der Waals surface area contributed by atoms with Crippen LogP contribution in [0.5, 0.6) is 0 Å². The van der Waals surface area contributed by atoms with Gasteiger partial charge in [-0.3, -0.25) is 4.79 Å². The molecule has 40 heavy (non-hydrogen) atoms. The molecule has 1 aromatic carbocycles. The number of benzene rings is 1. The number of unbranched alkanes of at least 4 members (excludes halogenated alkanes) is 1. The Hall–Kier alpha value is -2.26. The minimum atomic E-state index is -2.04. The highest BCUT2D eigenvalue weighted by molar-refractivity contribution is 6.74. The van der Waals surface area contributed by atoms with Gasteiger partial charge in [0.15, 0.2) is 14.4 Å². The summed E-state index contributed by atoms with van der Waals surface area (Å²) in [7, 11) is -2.04. The molecule has 0 unspecified atom stereocenters. The first kappa shape index (κ1) is 33.9. The molecular weight excluding hydrogens is 522 g/mol. The number of carbonyl (C=O) groups excluding carboxylic acids is 2. The lowest BCUT2D eigenvalue weighted by Crippen LogP contribution is -2.51. The maximum absolute atomic E-state index is 13.8. The SMILES string of the molecule is C/C=C(/C)[C@@H](C/C=C(\C)[C@@H](O)[C@H](OCCCC)C(=O)N1C(=O)OC[C@@H]1Cc1ccccc1)O[Si](C)(C)C(C)(C)C. The van der Waals surface area contributed by atoms with E-state index in [0.717, 1.165) is 28.9 Å². The molecule has 1 fully saturated rings. The number of allylic oxidation sites excluding steroid dienone is 1. The summed E-state index contributed by atoms with van der Waals surface area (Å²) in [6.45, 7) is 19.4. The average Bonchev–Trinajstić information content (AvgIpc) is 3.26. The number of imide groups is 1. The van der Waals surface area contributed by atoms with Crippen molar-refractivity contribution < 1.29 is 28.6 Å². The highest BCUT2D eigenvalue weighted by Gasteiger charge is 2.44. The summed E-state index contributed by atoms with van der Waals surface area (Å²) in [6.07, 6.45) is 3.38. The third kappa shape index (κ3) is 9.13. The Morgan fingerprint density at radius 2 is 1.85 bits per heavy atom. The van der Waals surface area contributed by atoms with E-state index in [-0.39, 0.29) is 17.7 Å². The lowest BCUT2D eigenvalue weighted by Gasteiger charge is -2.39. The van der Waals surface area contributed by atoms with Crippen LogP contribution in [-0.4, -0.2) is 67.9 Å². The number of nitrogens with zero attached hydrogens (tertiary/aromatic N) is 1. The molecule has 1 aliphatic rings. The van der Waals surface area contributed by atoms with Crippen LogP contribution in [0, 0.1) is 0 Å². The Kier molecular flexibility index (Phi) is 12.8. The van der Waals surface area contributed by atoms with E-state index in [1.807, 2.05) is 50.3 Å². The van der Waals surface area contributed by atoms with Crippen molar-refractivity contribution in [2.75, 3.05) is 13.2 Å². The number of aliphatic hydroxyl groups is 1. The number of aliphatic hydroxyl groups excluding tert-OH is 1. The third-order valence-electron chi connectivity index (χ3n) is 8.16. The monoisotopic (exact) mass is 573 g/mol. The summed E-state index contributed by atoms with van der Waals surface area (Å²) in [6, 6.07) is 9.22. The van der Waals surface area contributed by atoms with Crippen LogP contribution in [0.2, 0.25) is 18.1 Å². The molecule has 2 amide bonds. The van der Waals surface area contributed by atoms with Crippen molar-refractivity contribution in [1.82, 2.24) is 4.90 Å². The fourth-order valence-electron chi connectivity index (χ4n) is 4.25. The molecule has 1 N–H and O–H groups in total. The summed E-state index contributed by atoms with van der Waals surface area (Å²) in [5, 5.41) is 11.5. The second kappa shape index (κ2) is 15.1. The predicted molar refractivity (Wildman–Crippen MR) is 163 cm³/mol. The van der Waals surface area contributed by atoms with Crippen molar-refractivity contribution in [3.8, 4) is 0 Å². The molecule has 0 radical (unpaired) electrons. The molecule has 2 rings (SSSR count). The van der Waals surface area contributed by atoms with Crippen LogP contribution in [0.3, 0.4) is 0 Å². The normalized spacial score (nSPS) is 19.4. The Labute approximate surface area is 242 Å². The fraction of sp³-hybridized carbons (Fsp3) is 0.625. The van der Waals surface area contributed by atoms with Gasteiger partial charge >= 0.3 is 6.09 Å². The van der Waals surface area contributed by atoms with Gasteiger partial charge in [-0.05, 0) is 74.9 Å². The molecule has 4 atom stereocenters. The van der Waals surface area contributed by atoms with E-state index in [2.05, 4.69) is 46.9 Å². The lowest BCUT2D eigenvalue weighted by molar-refractivity contribution is -0.147. The van der Waals surface area contributed by atoms with Crippen LogP contribution >= 0.6 is 0 Å². The van der Waals surface area contributed by atoms with Crippen LogP contribution in [0.15, 0.2) is 53.6 Å². The van der Waals surface area contributed by atoms with Crippen LogP contribution in [0.1, 0.15) is 73.3 Å². The zero-order valence-corrected chi connectivity index (χ0v) is 27.0. The van der Waals surface area contributed by atoms with E-state index >= 15 is 0 Å². The summed E-state index contributed by atoms with van der Waals surface area (Å²) in [4.78, 5) is 27.6. The second-order valence-electron chi connectivity index (χ2n) is 12.3. The van der Waals surface area contributed by atoms with Crippen molar-refractivity contribution in [2.45, 2.75) is 117 Å². The quantitative estimate of drug-likeness (QED) is 0.149. The van der Waals surface area contributed by atoms with E-state index in [0.29, 0.717) is 25.0 Å². The molecule has 1 aliphatic heterocycles. The Morgan fingerprint density at radius 3 is 2.42 bits per heavy atom. The number of amides is 2. The van der Waals surface area contributed by atoms with Crippen LogP contribution in [-0.2, 0) is 25.1 Å². The Balaban J connectivity index is 2.28. The van der Waals surface area contributed by atoms with E-state index in [1.54, 1.807) is 6.92 Å².